The lowest BCUT2D eigenvalue weighted by Gasteiger charge is -2.40. The van der Waals surface area contributed by atoms with Crippen molar-refractivity contribution in [2.75, 3.05) is 13.1 Å². The predicted molar refractivity (Wildman–Crippen MR) is 72.3 cm³/mol. The number of amides is 1. The lowest BCUT2D eigenvalue weighted by molar-refractivity contribution is -0.148. The third kappa shape index (κ3) is 3.04. The van der Waals surface area contributed by atoms with Crippen molar-refractivity contribution in [3.05, 3.63) is 41.7 Å². The molecule has 1 unspecified atom stereocenters. The molecule has 0 spiro atoms. The summed E-state index contributed by atoms with van der Waals surface area (Å²) in [6.07, 6.45) is 2.76. The van der Waals surface area contributed by atoms with E-state index >= 15 is 0 Å². The Morgan fingerprint density at radius 3 is 2.65 bits per heavy atom. The summed E-state index contributed by atoms with van der Waals surface area (Å²) < 4.78 is 13.4. The molecule has 1 heterocycles. The van der Waals surface area contributed by atoms with Gasteiger partial charge in [-0.1, -0.05) is 25.1 Å². The molecule has 1 aliphatic rings. The molecular weight excluding hydrogens is 261 g/mol. The minimum Gasteiger partial charge on any atom is -0.481 e. The number of nitrogens with zero attached hydrogens (tertiary/aromatic N) is 1. The van der Waals surface area contributed by atoms with Gasteiger partial charge in [-0.2, -0.15) is 0 Å². The molecule has 1 saturated heterocycles. The normalized spacial score (nSPS) is 17.0. The number of likely N-dealkylation sites (tertiary alicyclic amines) is 1. The van der Waals surface area contributed by atoms with Gasteiger partial charge in [0.25, 0.3) is 0 Å². The lowest BCUT2D eigenvalue weighted by Crippen LogP contribution is -2.53. The van der Waals surface area contributed by atoms with Gasteiger partial charge in [0.15, 0.2) is 0 Å². The van der Waals surface area contributed by atoms with Crippen LogP contribution in [-0.2, 0) is 9.59 Å². The lowest BCUT2D eigenvalue weighted by atomic mass is 9.87. The van der Waals surface area contributed by atoms with Gasteiger partial charge >= 0.3 is 5.97 Å². The Morgan fingerprint density at radius 1 is 1.40 bits per heavy atom. The predicted octanol–water partition coefficient (Wildman–Crippen LogP) is 2.02. The average Bonchev–Trinajstić information content (AvgIpc) is 2.35. The van der Waals surface area contributed by atoms with Crippen LogP contribution in [0, 0.1) is 17.7 Å². The number of rotatable bonds is 4. The summed E-state index contributed by atoms with van der Waals surface area (Å²) in [5, 5.41) is 8.87. The monoisotopic (exact) mass is 277 g/mol. The van der Waals surface area contributed by atoms with E-state index < -0.39 is 11.9 Å². The number of carbonyl (C=O) groups is 2. The summed E-state index contributed by atoms with van der Waals surface area (Å²) in [5.74, 6) is -1.89. The topological polar surface area (TPSA) is 57.6 Å². The van der Waals surface area contributed by atoms with E-state index in [0.717, 1.165) is 0 Å². The minimum absolute atomic E-state index is 0.00156. The Bertz CT molecular complexity index is 550. The molecule has 106 valence electrons. The summed E-state index contributed by atoms with van der Waals surface area (Å²) in [7, 11) is 0. The third-order valence-electron chi connectivity index (χ3n) is 3.63. The van der Waals surface area contributed by atoms with Crippen molar-refractivity contribution < 1.29 is 19.1 Å². The second-order valence-corrected chi connectivity index (χ2v) is 4.99. The molecule has 0 aliphatic carbocycles. The van der Waals surface area contributed by atoms with Crippen LogP contribution in [0.5, 0.6) is 0 Å². The molecule has 1 fully saturated rings. The maximum Gasteiger partial charge on any atom is 0.306 e. The Kier molecular flexibility index (Phi) is 4.17. The zero-order valence-electron chi connectivity index (χ0n) is 11.1. The van der Waals surface area contributed by atoms with E-state index in [4.69, 9.17) is 5.11 Å². The first kappa shape index (κ1) is 14.2. The molecule has 1 aliphatic heterocycles. The maximum absolute atomic E-state index is 13.4. The smallest absolute Gasteiger partial charge is 0.306 e. The molecule has 1 N–H and O–H groups in total. The second kappa shape index (κ2) is 5.86. The van der Waals surface area contributed by atoms with Gasteiger partial charge in [0.2, 0.25) is 5.91 Å². The van der Waals surface area contributed by atoms with Gasteiger partial charge in [0, 0.05) is 30.6 Å². The van der Waals surface area contributed by atoms with Gasteiger partial charge in [0.05, 0.1) is 5.92 Å². The van der Waals surface area contributed by atoms with Crippen molar-refractivity contribution >= 4 is 18.0 Å². The van der Waals surface area contributed by atoms with Crippen LogP contribution in [0.4, 0.5) is 4.39 Å². The highest BCUT2D eigenvalue weighted by molar-refractivity contribution is 5.92. The fourth-order valence-electron chi connectivity index (χ4n) is 2.09. The highest BCUT2D eigenvalue weighted by Crippen LogP contribution is 2.24. The quantitative estimate of drug-likeness (QED) is 0.857. The van der Waals surface area contributed by atoms with E-state index in [1.807, 2.05) is 0 Å². The number of hydrogen-bond donors (Lipinski definition) is 1. The van der Waals surface area contributed by atoms with Gasteiger partial charge in [-0.25, -0.2) is 4.39 Å². The second-order valence-electron chi connectivity index (χ2n) is 4.99. The zero-order valence-corrected chi connectivity index (χ0v) is 11.1. The standard InChI is InChI=1S/C15H16FNO3/c1-10(15(19)20)12-8-17(9-12)14(18)7-6-11-4-2-3-5-13(11)16/h2-7,10,12H,8-9H2,1H3,(H,19,20)/b7-6+. The minimum atomic E-state index is -0.844. The number of hydrogen-bond acceptors (Lipinski definition) is 2. The largest absolute Gasteiger partial charge is 0.481 e. The van der Waals surface area contributed by atoms with Crippen LogP contribution in [0.25, 0.3) is 6.08 Å². The molecule has 1 aromatic rings. The number of carboxylic acids is 1. The van der Waals surface area contributed by atoms with Gasteiger partial charge < -0.3 is 10.0 Å². The van der Waals surface area contributed by atoms with Crippen molar-refractivity contribution in [3.8, 4) is 0 Å². The summed E-state index contributed by atoms with van der Waals surface area (Å²) >= 11 is 0. The van der Waals surface area contributed by atoms with Crippen LogP contribution in [-0.4, -0.2) is 35.0 Å². The molecule has 1 aromatic carbocycles. The molecule has 5 heteroatoms. The summed E-state index contributed by atoms with van der Waals surface area (Å²) in [6.45, 7) is 2.52. The molecule has 2 rings (SSSR count). The Labute approximate surface area is 116 Å². The number of carboxylic acid groups (broad SMARTS) is 1. The molecule has 0 aromatic heterocycles. The van der Waals surface area contributed by atoms with Crippen LogP contribution in [0.15, 0.2) is 30.3 Å². The van der Waals surface area contributed by atoms with Gasteiger partial charge in [-0.3, -0.25) is 9.59 Å². The van der Waals surface area contributed by atoms with E-state index in [1.54, 1.807) is 30.0 Å². The average molecular weight is 277 g/mol. The van der Waals surface area contributed by atoms with Gasteiger partial charge in [-0.05, 0) is 12.1 Å². The highest BCUT2D eigenvalue weighted by atomic mass is 19.1. The first-order valence-corrected chi connectivity index (χ1v) is 6.43. The molecule has 0 saturated carbocycles. The van der Waals surface area contributed by atoms with E-state index in [1.165, 1.54) is 18.2 Å². The van der Waals surface area contributed by atoms with Crippen LogP contribution in [0.3, 0.4) is 0 Å². The molecule has 0 radical (unpaired) electrons. The Hall–Kier alpha value is -2.17. The molecule has 0 bridgehead atoms. The van der Waals surface area contributed by atoms with Gasteiger partial charge in [-0.15, -0.1) is 0 Å². The van der Waals surface area contributed by atoms with Crippen LogP contribution >= 0.6 is 0 Å². The number of benzene rings is 1. The van der Waals surface area contributed by atoms with Crippen molar-refractivity contribution in [3.63, 3.8) is 0 Å². The summed E-state index contributed by atoms with van der Waals surface area (Å²) in [6, 6.07) is 6.20. The molecule has 1 atom stereocenters. The fourth-order valence-corrected chi connectivity index (χ4v) is 2.09. The fraction of sp³-hybridized carbons (Fsp3) is 0.333. The summed E-state index contributed by atoms with van der Waals surface area (Å²) in [4.78, 5) is 24.2. The zero-order chi connectivity index (χ0) is 14.7. The van der Waals surface area contributed by atoms with E-state index in [9.17, 15) is 14.0 Å². The van der Waals surface area contributed by atoms with E-state index in [2.05, 4.69) is 0 Å². The molecule has 20 heavy (non-hydrogen) atoms. The first-order chi connectivity index (χ1) is 9.49. The van der Waals surface area contributed by atoms with Crippen molar-refractivity contribution in [2.45, 2.75) is 6.92 Å². The molecular formula is C15H16FNO3. The van der Waals surface area contributed by atoms with Crippen molar-refractivity contribution in [1.82, 2.24) is 4.90 Å². The molecule has 1 amide bonds. The Morgan fingerprint density at radius 2 is 2.05 bits per heavy atom. The summed E-state index contributed by atoms with van der Waals surface area (Å²) in [5.41, 5.74) is 0.358. The number of carbonyl (C=O) groups excluding carboxylic acids is 1. The number of aliphatic carboxylic acids is 1. The van der Waals surface area contributed by atoms with Crippen LogP contribution in [0.2, 0.25) is 0 Å². The first-order valence-electron chi connectivity index (χ1n) is 6.43. The maximum atomic E-state index is 13.4. The van der Waals surface area contributed by atoms with Crippen LogP contribution in [0.1, 0.15) is 12.5 Å². The van der Waals surface area contributed by atoms with E-state index in [0.29, 0.717) is 18.7 Å². The van der Waals surface area contributed by atoms with E-state index in [-0.39, 0.29) is 17.6 Å². The van der Waals surface area contributed by atoms with Crippen molar-refractivity contribution in [2.24, 2.45) is 11.8 Å². The molecule has 4 nitrogen and oxygen atoms in total. The van der Waals surface area contributed by atoms with Crippen molar-refractivity contribution in [1.29, 1.82) is 0 Å². The number of halogens is 1. The SMILES string of the molecule is CC(C(=O)O)C1CN(C(=O)/C=C/c2ccccc2F)C1. The van der Waals surface area contributed by atoms with Crippen LogP contribution < -0.4 is 0 Å². The highest BCUT2D eigenvalue weighted by Gasteiger charge is 2.36. The van der Waals surface area contributed by atoms with Gasteiger partial charge in [0.1, 0.15) is 5.82 Å². The Balaban J connectivity index is 1.89. The third-order valence-corrected chi connectivity index (χ3v) is 3.63.